The maximum atomic E-state index is 12.5. The minimum atomic E-state index is -2.51. The van der Waals surface area contributed by atoms with Crippen LogP contribution in [-0.2, 0) is 0 Å². The van der Waals surface area contributed by atoms with Gasteiger partial charge in [-0.3, -0.25) is 0 Å². The first-order valence-electron chi connectivity index (χ1n) is 3.74. The Kier molecular flexibility index (Phi) is 2.64. The minimum Gasteiger partial charge on any atom is -0.205 e. The molecule has 0 saturated heterocycles. The number of alkyl halides is 2. The highest BCUT2D eigenvalue weighted by molar-refractivity contribution is 7.18. The number of benzene rings is 1. The summed E-state index contributed by atoms with van der Waals surface area (Å²) in [6.07, 6.45) is -2.51. The van der Waals surface area contributed by atoms with Gasteiger partial charge in [0.2, 0.25) is 0 Å². The van der Waals surface area contributed by atoms with Crippen LogP contribution in [-0.4, -0.2) is 0 Å². The largest absolute Gasteiger partial charge is 0.265 e. The lowest BCUT2D eigenvalue weighted by atomic mass is 10.2. The summed E-state index contributed by atoms with van der Waals surface area (Å²) in [5, 5.41) is 2.55. The van der Waals surface area contributed by atoms with E-state index in [1.807, 2.05) is 0 Å². The molecule has 1 aromatic carbocycles. The summed E-state index contributed by atoms with van der Waals surface area (Å²) in [5.74, 6) is 0. The van der Waals surface area contributed by atoms with Gasteiger partial charge in [0.25, 0.3) is 6.43 Å². The third-order valence-corrected chi connectivity index (χ3v) is 3.66. The fraction of sp³-hybridized carbons (Fsp3) is 0.111. The Balaban J connectivity index is 2.84. The van der Waals surface area contributed by atoms with Gasteiger partial charge >= 0.3 is 0 Å². The van der Waals surface area contributed by atoms with Gasteiger partial charge in [0.15, 0.2) is 0 Å². The zero-order valence-corrected chi connectivity index (χ0v) is 9.06. The van der Waals surface area contributed by atoms with Gasteiger partial charge in [0.1, 0.15) is 0 Å². The molecule has 0 bridgehead atoms. The second-order valence-corrected chi connectivity index (χ2v) is 4.42. The third-order valence-electron chi connectivity index (χ3n) is 1.89. The van der Waals surface area contributed by atoms with Crippen molar-refractivity contribution in [2.24, 2.45) is 0 Å². The van der Waals surface area contributed by atoms with E-state index in [2.05, 4.69) is 0 Å². The lowest BCUT2D eigenvalue weighted by Crippen LogP contribution is -1.81. The molecule has 0 spiro atoms. The summed E-state index contributed by atoms with van der Waals surface area (Å²) in [7, 11) is 0. The van der Waals surface area contributed by atoms with Crippen LogP contribution in [0.25, 0.3) is 10.1 Å². The van der Waals surface area contributed by atoms with Crippen molar-refractivity contribution in [3.63, 3.8) is 0 Å². The van der Waals surface area contributed by atoms with Crippen molar-refractivity contribution >= 4 is 44.6 Å². The van der Waals surface area contributed by atoms with Crippen molar-refractivity contribution < 1.29 is 8.78 Å². The number of hydrogen-bond acceptors (Lipinski definition) is 1. The predicted octanol–water partition coefficient (Wildman–Crippen LogP) is 5.15. The number of halogens is 4. The molecule has 0 radical (unpaired) electrons. The molecule has 2 aromatic rings. The fourth-order valence-corrected chi connectivity index (χ4v) is 2.86. The lowest BCUT2D eigenvalue weighted by Gasteiger charge is -2.00. The second kappa shape index (κ2) is 3.65. The summed E-state index contributed by atoms with van der Waals surface area (Å²) in [5.41, 5.74) is -0.0440. The van der Waals surface area contributed by atoms with Crippen molar-refractivity contribution in [1.29, 1.82) is 0 Å². The van der Waals surface area contributed by atoms with Gasteiger partial charge in [0.05, 0.1) is 9.72 Å². The molecule has 74 valence electrons. The van der Waals surface area contributed by atoms with E-state index in [9.17, 15) is 8.78 Å². The molecule has 0 aliphatic heterocycles. The zero-order chi connectivity index (χ0) is 10.3. The molecule has 0 unspecified atom stereocenters. The molecule has 0 N–H and O–H groups in total. The first-order valence-corrected chi connectivity index (χ1v) is 5.38. The molecular formula is C9H4Cl2F2S. The number of rotatable bonds is 1. The highest BCUT2D eigenvalue weighted by atomic mass is 35.5. The van der Waals surface area contributed by atoms with Crippen LogP contribution in [0.3, 0.4) is 0 Å². The van der Waals surface area contributed by atoms with Crippen molar-refractivity contribution in [3.8, 4) is 0 Å². The van der Waals surface area contributed by atoms with E-state index in [-0.39, 0.29) is 5.56 Å². The summed E-state index contributed by atoms with van der Waals surface area (Å²) in [6.45, 7) is 0. The maximum Gasteiger partial charge on any atom is 0.265 e. The SMILES string of the molecule is FC(F)c1csc2c(Cl)ccc(Cl)c12. The standard InChI is InChI=1S/C9H4Cl2F2S/c10-5-1-2-6(11)8-7(5)4(3-14-8)9(12)13/h1-3,9H. The normalized spacial score (nSPS) is 11.5. The molecule has 5 heteroatoms. The van der Waals surface area contributed by atoms with Gasteiger partial charge in [-0.1, -0.05) is 23.2 Å². The van der Waals surface area contributed by atoms with Gasteiger partial charge < -0.3 is 0 Å². The van der Waals surface area contributed by atoms with Crippen LogP contribution >= 0.6 is 34.5 Å². The Morgan fingerprint density at radius 2 is 1.79 bits per heavy atom. The quantitative estimate of drug-likeness (QED) is 0.659. The summed E-state index contributed by atoms with van der Waals surface area (Å²) in [4.78, 5) is 0. The summed E-state index contributed by atoms with van der Waals surface area (Å²) < 4.78 is 25.7. The van der Waals surface area contributed by atoms with Crippen molar-refractivity contribution in [3.05, 3.63) is 33.1 Å². The Bertz CT molecular complexity index is 479. The van der Waals surface area contributed by atoms with Gasteiger partial charge in [-0.05, 0) is 12.1 Å². The van der Waals surface area contributed by atoms with E-state index in [1.54, 1.807) is 6.07 Å². The maximum absolute atomic E-state index is 12.5. The molecule has 0 fully saturated rings. The molecular weight excluding hydrogens is 249 g/mol. The third kappa shape index (κ3) is 1.49. The Hall–Kier alpha value is -0.380. The molecule has 0 aliphatic carbocycles. The van der Waals surface area contributed by atoms with Crippen molar-refractivity contribution in [2.45, 2.75) is 6.43 Å². The van der Waals surface area contributed by atoms with Crippen molar-refractivity contribution in [2.75, 3.05) is 0 Å². The monoisotopic (exact) mass is 252 g/mol. The van der Waals surface area contributed by atoms with E-state index in [1.165, 1.54) is 22.8 Å². The van der Waals surface area contributed by atoms with Gasteiger partial charge in [-0.2, -0.15) is 0 Å². The van der Waals surface area contributed by atoms with Crippen LogP contribution in [0.5, 0.6) is 0 Å². The molecule has 1 aromatic heterocycles. The predicted molar refractivity (Wildman–Crippen MR) is 56.8 cm³/mol. The van der Waals surface area contributed by atoms with Crippen LogP contribution in [0.1, 0.15) is 12.0 Å². The van der Waals surface area contributed by atoms with Crippen LogP contribution in [0.4, 0.5) is 8.78 Å². The zero-order valence-electron chi connectivity index (χ0n) is 6.73. The second-order valence-electron chi connectivity index (χ2n) is 2.73. The lowest BCUT2D eigenvalue weighted by molar-refractivity contribution is 0.153. The number of thiophene rings is 1. The average molecular weight is 253 g/mol. The van der Waals surface area contributed by atoms with E-state index in [0.717, 1.165) is 0 Å². The van der Waals surface area contributed by atoms with E-state index in [0.29, 0.717) is 20.1 Å². The Morgan fingerprint density at radius 3 is 2.43 bits per heavy atom. The summed E-state index contributed by atoms with van der Waals surface area (Å²) in [6, 6.07) is 3.14. The molecule has 0 atom stereocenters. The highest BCUT2D eigenvalue weighted by Crippen LogP contribution is 2.40. The van der Waals surface area contributed by atoms with Crippen LogP contribution < -0.4 is 0 Å². The Labute approximate surface area is 93.1 Å². The highest BCUT2D eigenvalue weighted by Gasteiger charge is 2.17. The number of hydrogen-bond donors (Lipinski definition) is 0. The molecule has 0 saturated carbocycles. The fourth-order valence-electron chi connectivity index (χ4n) is 1.26. The van der Waals surface area contributed by atoms with Gasteiger partial charge in [0, 0.05) is 21.4 Å². The minimum absolute atomic E-state index is 0.0440. The van der Waals surface area contributed by atoms with E-state index >= 15 is 0 Å². The summed E-state index contributed by atoms with van der Waals surface area (Å²) >= 11 is 12.9. The van der Waals surface area contributed by atoms with E-state index in [4.69, 9.17) is 23.2 Å². The molecule has 0 amide bonds. The van der Waals surface area contributed by atoms with Crippen molar-refractivity contribution in [1.82, 2.24) is 0 Å². The molecule has 0 nitrogen and oxygen atoms in total. The molecule has 0 aliphatic rings. The Morgan fingerprint density at radius 1 is 1.14 bits per heavy atom. The van der Waals surface area contributed by atoms with Crippen LogP contribution in [0.2, 0.25) is 10.0 Å². The first kappa shape index (κ1) is 10.1. The smallest absolute Gasteiger partial charge is 0.205 e. The van der Waals surface area contributed by atoms with Crippen LogP contribution in [0, 0.1) is 0 Å². The van der Waals surface area contributed by atoms with Gasteiger partial charge in [-0.15, -0.1) is 11.3 Å². The molecule has 1 heterocycles. The number of fused-ring (bicyclic) bond motifs is 1. The topological polar surface area (TPSA) is 0 Å². The van der Waals surface area contributed by atoms with Crippen LogP contribution in [0.15, 0.2) is 17.5 Å². The van der Waals surface area contributed by atoms with E-state index < -0.39 is 6.43 Å². The molecule has 14 heavy (non-hydrogen) atoms. The first-order chi connectivity index (χ1) is 6.61. The molecule has 2 rings (SSSR count). The van der Waals surface area contributed by atoms with Gasteiger partial charge in [-0.25, -0.2) is 8.78 Å². The average Bonchev–Trinajstić information content (AvgIpc) is 2.56.